The number of methoxy groups -OCH3 is 2. The van der Waals surface area contributed by atoms with Crippen LogP contribution in [-0.2, 0) is 19.1 Å². The van der Waals surface area contributed by atoms with Crippen molar-refractivity contribution in [1.82, 2.24) is 10.2 Å². The van der Waals surface area contributed by atoms with Gasteiger partial charge in [0, 0.05) is 6.20 Å². The molecule has 0 radical (unpaired) electrons. The van der Waals surface area contributed by atoms with Crippen molar-refractivity contribution in [3.8, 4) is 0 Å². The first-order valence-electron chi connectivity index (χ1n) is 4.31. The third-order valence-corrected chi connectivity index (χ3v) is 1.89. The monoisotopic (exact) mass is 226 g/mol. The fourth-order valence-electron chi connectivity index (χ4n) is 1.09. The molecular formula is C9H10N2O5. The molecule has 7 nitrogen and oxygen atoms in total. The van der Waals surface area contributed by atoms with E-state index < -0.39 is 23.6 Å². The van der Waals surface area contributed by atoms with Gasteiger partial charge in [-0.15, -0.1) is 0 Å². The normalized spacial score (nSPS) is 9.94. The van der Waals surface area contributed by atoms with Crippen molar-refractivity contribution in [3.63, 3.8) is 0 Å². The molecule has 7 heteroatoms. The molecule has 0 saturated carbocycles. The third kappa shape index (κ3) is 2.25. The van der Waals surface area contributed by atoms with E-state index in [1.165, 1.54) is 12.3 Å². The smallest absolute Gasteiger partial charge is 0.328 e. The van der Waals surface area contributed by atoms with Crippen LogP contribution in [0.1, 0.15) is 10.5 Å². The molecule has 1 aromatic heterocycles. The Morgan fingerprint density at radius 2 is 1.81 bits per heavy atom. The van der Waals surface area contributed by atoms with Crippen LogP contribution in [0.25, 0.3) is 0 Å². The van der Waals surface area contributed by atoms with Crippen molar-refractivity contribution in [3.05, 3.63) is 18.0 Å². The minimum atomic E-state index is -1.63. The Bertz CT molecular complexity index is 382. The maximum atomic E-state index is 11.7. The maximum Gasteiger partial charge on any atom is 0.328 e. The van der Waals surface area contributed by atoms with Gasteiger partial charge in [0.2, 0.25) is 11.7 Å². The zero-order valence-corrected chi connectivity index (χ0v) is 8.72. The molecule has 0 aliphatic rings. The van der Waals surface area contributed by atoms with E-state index in [1.807, 2.05) is 0 Å². The van der Waals surface area contributed by atoms with Gasteiger partial charge >= 0.3 is 11.9 Å². The lowest BCUT2D eigenvalue weighted by atomic mass is 10.0. The summed E-state index contributed by atoms with van der Waals surface area (Å²) in [6.07, 6.45) is 1.40. The van der Waals surface area contributed by atoms with Gasteiger partial charge in [0.05, 0.1) is 14.2 Å². The summed E-state index contributed by atoms with van der Waals surface area (Å²) in [5.41, 5.74) is -0.0270. The van der Waals surface area contributed by atoms with Crippen molar-refractivity contribution in [1.29, 1.82) is 0 Å². The lowest BCUT2D eigenvalue weighted by molar-refractivity contribution is -0.155. The SMILES string of the molecule is COC(=O)C(C(=O)OC)C(=O)c1cc[nH]n1. The van der Waals surface area contributed by atoms with Crippen molar-refractivity contribution in [2.75, 3.05) is 14.2 Å². The van der Waals surface area contributed by atoms with Crippen LogP contribution < -0.4 is 0 Å². The minimum absolute atomic E-state index is 0.0270. The number of esters is 2. The second-order valence-electron chi connectivity index (χ2n) is 2.80. The number of hydrogen-bond donors (Lipinski definition) is 1. The van der Waals surface area contributed by atoms with E-state index in [0.29, 0.717) is 0 Å². The van der Waals surface area contributed by atoms with Crippen LogP contribution in [0.5, 0.6) is 0 Å². The van der Waals surface area contributed by atoms with Gasteiger partial charge in [-0.1, -0.05) is 0 Å². The summed E-state index contributed by atoms with van der Waals surface area (Å²) in [7, 11) is 2.16. The Kier molecular flexibility index (Phi) is 3.76. The lowest BCUT2D eigenvalue weighted by Gasteiger charge is -2.09. The first-order chi connectivity index (χ1) is 7.61. The fraction of sp³-hybridized carbons (Fsp3) is 0.333. The Morgan fingerprint density at radius 1 is 1.25 bits per heavy atom. The zero-order valence-electron chi connectivity index (χ0n) is 8.72. The molecular weight excluding hydrogens is 216 g/mol. The molecule has 0 unspecified atom stereocenters. The summed E-state index contributed by atoms with van der Waals surface area (Å²) in [4.78, 5) is 34.3. The predicted octanol–water partition coefficient (Wildman–Crippen LogP) is -0.445. The van der Waals surface area contributed by atoms with Crippen LogP contribution in [0, 0.1) is 5.92 Å². The van der Waals surface area contributed by atoms with Crippen LogP contribution in [0.4, 0.5) is 0 Å². The molecule has 1 heterocycles. The van der Waals surface area contributed by atoms with Crippen LogP contribution in [0.3, 0.4) is 0 Å². The van der Waals surface area contributed by atoms with Gasteiger partial charge in [-0.3, -0.25) is 19.5 Å². The van der Waals surface area contributed by atoms with Crippen LogP contribution >= 0.6 is 0 Å². The molecule has 0 aliphatic heterocycles. The largest absolute Gasteiger partial charge is 0.468 e. The van der Waals surface area contributed by atoms with Crippen molar-refractivity contribution >= 4 is 17.7 Å². The molecule has 0 aliphatic carbocycles. The molecule has 1 N–H and O–H groups in total. The van der Waals surface area contributed by atoms with Crippen LogP contribution in [0.15, 0.2) is 12.3 Å². The van der Waals surface area contributed by atoms with E-state index in [9.17, 15) is 14.4 Å². The summed E-state index contributed by atoms with van der Waals surface area (Å²) in [5.74, 6) is -4.34. The Morgan fingerprint density at radius 3 is 2.19 bits per heavy atom. The first kappa shape index (κ1) is 11.9. The summed E-state index contributed by atoms with van der Waals surface area (Å²) < 4.78 is 8.71. The molecule has 0 atom stereocenters. The minimum Gasteiger partial charge on any atom is -0.468 e. The lowest BCUT2D eigenvalue weighted by Crippen LogP contribution is -2.34. The number of carbonyl (C=O) groups excluding carboxylic acids is 3. The number of aromatic amines is 1. The average Bonchev–Trinajstić information content (AvgIpc) is 2.81. The van der Waals surface area contributed by atoms with Gasteiger partial charge in [0.1, 0.15) is 5.69 Å². The number of nitrogens with one attached hydrogen (secondary N) is 1. The number of nitrogens with zero attached hydrogens (tertiary/aromatic N) is 1. The van der Waals surface area contributed by atoms with E-state index >= 15 is 0 Å². The van der Waals surface area contributed by atoms with E-state index in [2.05, 4.69) is 19.7 Å². The van der Waals surface area contributed by atoms with Crippen LogP contribution in [0.2, 0.25) is 0 Å². The standard InChI is InChI=1S/C9H10N2O5/c1-15-8(13)6(9(14)16-2)7(12)5-3-4-10-11-5/h3-4,6H,1-2H3,(H,10,11). The van der Waals surface area contributed by atoms with Crippen LogP contribution in [-0.4, -0.2) is 42.1 Å². The van der Waals surface area contributed by atoms with E-state index in [4.69, 9.17) is 0 Å². The first-order valence-corrected chi connectivity index (χ1v) is 4.31. The Balaban J connectivity index is 2.98. The summed E-state index contributed by atoms with van der Waals surface area (Å²) in [6, 6.07) is 1.35. The molecule has 0 spiro atoms. The average molecular weight is 226 g/mol. The molecule has 1 rings (SSSR count). The van der Waals surface area contributed by atoms with E-state index in [1.54, 1.807) is 0 Å². The highest BCUT2D eigenvalue weighted by Gasteiger charge is 2.37. The highest BCUT2D eigenvalue weighted by Crippen LogP contribution is 2.10. The van der Waals surface area contributed by atoms with Gasteiger partial charge < -0.3 is 9.47 Å². The van der Waals surface area contributed by atoms with Crippen molar-refractivity contribution in [2.24, 2.45) is 5.92 Å². The second-order valence-corrected chi connectivity index (χ2v) is 2.80. The number of ketones is 1. The maximum absolute atomic E-state index is 11.7. The number of carbonyl (C=O) groups is 3. The second kappa shape index (κ2) is 5.06. The van der Waals surface area contributed by atoms with Crippen molar-refractivity contribution < 1.29 is 23.9 Å². The summed E-state index contributed by atoms with van der Waals surface area (Å²) in [5, 5.41) is 5.98. The van der Waals surface area contributed by atoms with Gasteiger partial charge in [0.25, 0.3) is 0 Å². The third-order valence-electron chi connectivity index (χ3n) is 1.89. The molecule has 86 valence electrons. The predicted molar refractivity (Wildman–Crippen MR) is 50.4 cm³/mol. The number of Topliss-reactive ketones (excluding diaryl/α,β-unsaturated/α-hetero) is 1. The molecule has 1 aromatic rings. The number of ether oxygens (including phenoxy) is 2. The fourth-order valence-corrected chi connectivity index (χ4v) is 1.09. The van der Waals surface area contributed by atoms with Gasteiger partial charge in [-0.05, 0) is 6.07 Å². The number of H-pyrrole nitrogens is 1. The van der Waals surface area contributed by atoms with Gasteiger partial charge in [0.15, 0.2) is 0 Å². The molecule has 16 heavy (non-hydrogen) atoms. The van der Waals surface area contributed by atoms with Crippen molar-refractivity contribution in [2.45, 2.75) is 0 Å². The highest BCUT2D eigenvalue weighted by atomic mass is 16.5. The van der Waals surface area contributed by atoms with E-state index in [-0.39, 0.29) is 5.69 Å². The highest BCUT2D eigenvalue weighted by molar-refractivity contribution is 6.20. The zero-order chi connectivity index (χ0) is 12.1. The molecule has 0 saturated heterocycles. The molecule has 0 bridgehead atoms. The quantitative estimate of drug-likeness (QED) is 0.424. The number of aromatic nitrogens is 2. The van der Waals surface area contributed by atoms with Gasteiger partial charge in [-0.2, -0.15) is 5.10 Å². The summed E-state index contributed by atoms with van der Waals surface area (Å²) >= 11 is 0. The Hall–Kier alpha value is -2.18. The topological polar surface area (TPSA) is 98.4 Å². The van der Waals surface area contributed by atoms with E-state index in [0.717, 1.165) is 14.2 Å². The molecule has 0 fully saturated rings. The molecule has 0 aromatic carbocycles. The Labute approximate surface area is 90.7 Å². The molecule has 0 amide bonds. The number of rotatable bonds is 4. The number of hydrogen-bond acceptors (Lipinski definition) is 6. The summed E-state index contributed by atoms with van der Waals surface area (Å²) in [6.45, 7) is 0. The van der Waals surface area contributed by atoms with Gasteiger partial charge in [-0.25, -0.2) is 0 Å².